The second-order valence-corrected chi connectivity index (χ2v) is 6.10. The van der Waals surface area contributed by atoms with Crippen molar-refractivity contribution < 1.29 is 23.1 Å². The molecule has 0 saturated carbocycles. The van der Waals surface area contributed by atoms with Crippen molar-refractivity contribution in [1.29, 1.82) is 0 Å². The third-order valence-electron chi connectivity index (χ3n) is 4.11. The van der Waals surface area contributed by atoms with Crippen molar-refractivity contribution in [3.63, 3.8) is 0 Å². The number of carbonyl (C=O) groups is 1. The molecule has 0 aromatic heterocycles. The number of carboxylic acids is 1. The van der Waals surface area contributed by atoms with Gasteiger partial charge in [-0.15, -0.1) is 0 Å². The summed E-state index contributed by atoms with van der Waals surface area (Å²) in [6.45, 7) is 2.48. The molecule has 0 spiro atoms. The number of aliphatic carboxylic acids is 1. The standard InChI is InChI=1S/C15H17ClF3NO2/c1-9-2-3-10(14(21)22)7-20(9)8-11-6-12(15(17,18)19)4-5-13(11)16/h4-6,9-10H,2-3,7-8H2,1H3,(H,21,22). The van der Waals surface area contributed by atoms with Gasteiger partial charge in [-0.2, -0.15) is 13.2 Å². The molecule has 0 aliphatic carbocycles. The Morgan fingerprint density at radius 3 is 2.68 bits per heavy atom. The van der Waals surface area contributed by atoms with E-state index >= 15 is 0 Å². The third kappa shape index (κ3) is 3.93. The lowest BCUT2D eigenvalue weighted by Gasteiger charge is -2.36. The van der Waals surface area contributed by atoms with Crippen LogP contribution >= 0.6 is 11.6 Å². The predicted molar refractivity (Wildman–Crippen MR) is 76.7 cm³/mol. The minimum Gasteiger partial charge on any atom is -0.481 e. The van der Waals surface area contributed by atoms with E-state index in [-0.39, 0.29) is 17.6 Å². The lowest BCUT2D eigenvalue weighted by atomic mass is 9.93. The number of halogens is 4. The SMILES string of the molecule is CC1CCC(C(=O)O)CN1Cc1cc(C(F)(F)F)ccc1Cl. The molecule has 0 radical (unpaired) electrons. The smallest absolute Gasteiger partial charge is 0.416 e. The maximum absolute atomic E-state index is 12.8. The summed E-state index contributed by atoms with van der Waals surface area (Å²) in [5.41, 5.74) is -0.374. The summed E-state index contributed by atoms with van der Waals surface area (Å²) >= 11 is 6.00. The number of hydrogen-bond acceptors (Lipinski definition) is 2. The van der Waals surface area contributed by atoms with Crippen LogP contribution in [0.4, 0.5) is 13.2 Å². The largest absolute Gasteiger partial charge is 0.481 e. The fourth-order valence-electron chi connectivity index (χ4n) is 2.69. The normalized spacial score (nSPS) is 23.5. The molecule has 1 aliphatic heterocycles. The minimum atomic E-state index is -4.42. The summed E-state index contributed by atoms with van der Waals surface area (Å²) in [6, 6.07) is 3.34. The molecule has 1 N–H and O–H groups in total. The first-order valence-electron chi connectivity index (χ1n) is 7.01. The summed E-state index contributed by atoms with van der Waals surface area (Å²) in [4.78, 5) is 13.0. The fourth-order valence-corrected chi connectivity index (χ4v) is 2.87. The fraction of sp³-hybridized carbons (Fsp3) is 0.533. The summed E-state index contributed by atoms with van der Waals surface area (Å²) in [7, 11) is 0. The van der Waals surface area contributed by atoms with Crippen molar-refractivity contribution in [3.05, 3.63) is 34.3 Å². The van der Waals surface area contributed by atoms with Crippen LogP contribution in [0.1, 0.15) is 30.9 Å². The van der Waals surface area contributed by atoms with Gasteiger partial charge in [0.15, 0.2) is 0 Å². The van der Waals surface area contributed by atoms with Crippen LogP contribution in [0, 0.1) is 5.92 Å². The molecule has 0 amide bonds. The monoisotopic (exact) mass is 335 g/mol. The molecule has 7 heteroatoms. The van der Waals surface area contributed by atoms with Gasteiger partial charge in [-0.25, -0.2) is 0 Å². The van der Waals surface area contributed by atoms with Crippen molar-refractivity contribution in [2.45, 2.75) is 38.5 Å². The van der Waals surface area contributed by atoms with Crippen LogP contribution in [0.5, 0.6) is 0 Å². The molecule has 3 nitrogen and oxygen atoms in total. The van der Waals surface area contributed by atoms with E-state index in [4.69, 9.17) is 16.7 Å². The van der Waals surface area contributed by atoms with Gasteiger partial charge in [0, 0.05) is 24.2 Å². The Hall–Kier alpha value is -1.27. The summed E-state index contributed by atoms with van der Waals surface area (Å²) in [6.07, 6.45) is -3.13. The maximum atomic E-state index is 12.8. The van der Waals surface area contributed by atoms with Crippen LogP contribution in [0.15, 0.2) is 18.2 Å². The van der Waals surface area contributed by atoms with Gasteiger partial charge in [0.05, 0.1) is 11.5 Å². The van der Waals surface area contributed by atoms with E-state index in [2.05, 4.69) is 0 Å². The summed E-state index contributed by atoms with van der Waals surface area (Å²) in [5, 5.41) is 9.37. The number of carboxylic acid groups (broad SMARTS) is 1. The zero-order valence-corrected chi connectivity index (χ0v) is 12.8. The molecule has 1 fully saturated rings. The zero-order chi connectivity index (χ0) is 16.5. The third-order valence-corrected chi connectivity index (χ3v) is 4.48. The molecule has 1 heterocycles. The van der Waals surface area contributed by atoms with E-state index in [0.717, 1.165) is 12.1 Å². The molecule has 1 saturated heterocycles. The quantitative estimate of drug-likeness (QED) is 0.906. The second kappa shape index (κ2) is 6.46. The maximum Gasteiger partial charge on any atom is 0.416 e. The summed E-state index contributed by atoms with van der Waals surface area (Å²) < 4.78 is 38.4. The average molecular weight is 336 g/mol. The van der Waals surface area contributed by atoms with Gasteiger partial charge < -0.3 is 5.11 Å². The molecule has 1 aromatic carbocycles. The Bertz CT molecular complexity index is 562. The highest BCUT2D eigenvalue weighted by Gasteiger charge is 2.33. The highest BCUT2D eigenvalue weighted by Crippen LogP contribution is 2.33. The first kappa shape index (κ1) is 17.1. The molecule has 122 valence electrons. The lowest BCUT2D eigenvalue weighted by molar-refractivity contribution is -0.144. The van der Waals surface area contributed by atoms with E-state index in [0.29, 0.717) is 24.9 Å². The van der Waals surface area contributed by atoms with Crippen molar-refractivity contribution in [2.24, 2.45) is 5.92 Å². The Kier molecular flexibility index (Phi) is 5.02. The van der Waals surface area contributed by atoms with E-state index in [9.17, 15) is 18.0 Å². The minimum absolute atomic E-state index is 0.112. The molecule has 2 rings (SSSR count). The van der Waals surface area contributed by atoms with Gasteiger partial charge in [0.2, 0.25) is 0 Å². The predicted octanol–water partition coefficient (Wildman–Crippen LogP) is 4.04. The number of likely N-dealkylation sites (tertiary alicyclic amines) is 1. The van der Waals surface area contributed by atoms with Crippen LogP contribution in [-0.4, -0.2) is 28.6 Å². The Balaban J connectivity index is 2.20. The number of alkyl halides is 3. The number of nitrogens with zero attached hydrogens (tertiary/aromatic N) is 1. The summed E-state index contributed by atoms with van der Waals surface area (Å²) in [5.74, 6) is -1.35. The molecular weight excluding hydrogens is 319 g/mol. The zero-order valence-electron chi connectivity index (χ0n) is 12.0. The van der Waals surface area contributed by atoms with Gasteiger partial charge >= 0.3 is 12.1 Å². The molecule has 2 atom stereocenters. The number of piperidine rings is 1. The van der Waals surface area contributed by atoms with E-state index in [1.165, 1.54) is 6.07 Å². The van der Waals surface area contributed by atoms with E-state index in [1.807, 2.05) is 11.8 Å². The highest BCUT2D eigenvalue weighted by atomic mass is 35.5. The number of benzene rings is 1. The molecule has 22 heavy (non-hydrogen) atoms. The molecule has 0 bridgehead atoms. The average Bonchev–Trinajstić information content (AvgIpc) is 2.42. The Morgan fingerprint density at radius 2 is 2.09 bits per heavy atom. The van der Waals surface area contributed by atoms with Gasteiger partial charge in [-0.3, -0.25) is 9.69 Å². The first-order chi connectivity index (χ1) is 10.2. The lowest BCUT2D eigenvalue weighted by Crippen LogP contribution is -2.43. The van der Waals surface area contributed by atoms with Crippen LogP contribution in [0.25, 0.3) is 0 Å². The van der Waals surface area contributed by atoms with Crippen LogP contribution < -0.4 is 0 Å². The molecule has 1 aliphatic rings. The van der Waals surface area contributed by atoms with Gasteiger partial charge in [0.25, 0.3) is 0 Å². The van der Waals surface area contributed by atoms with E-state index in [1.54, 1.807) is 0 Å². The van der Waals surface area contributed by atoms with Crippen LogP contribution in [-0.2, 0) is 17.5 Å². The molecule has 1 aromatic rings. The highest BCUT2D eigenvalue weighted by molar-refractivity contribution is 6.31. The van der Waals surface area contributed by atoms with E-state index < -0.39 is 23.6 Å². The Labute approximate surface area is 131 Å². The first-order valence-corrected chi connectivity index (χ1v) is 7.38. The van der Waals surface area contributed by atoms with Crippen molar-refractivity contribution >= 4 is 17.6 Å². The van der Waals surface area contributed by atoms with Crippen molar-refractivity contribution in [2.75, 3.05) is 6.54 Å². The van der Waals surface area contributed by atoms with Gasteiger partial charge in [0.1, 0.15) is 0 Å². The van der Waals surface area contributed by atoms with Gasteiger partial charge in [-0.1, -0.05) is 11.6 Å². The van der Waals surface area contributed by atoms with Crippen LogP contribution in [0.2, 0.25) is 5.02 Å². The van der Waals surface area contributed by atoms with Gasteiger partial charge in [-0.05, 0) is 43.5 Å². The molecular formula is C15H17ClF3NO2. The number of rotatable bonds is 3. The van der Waals surface area contributed by atoms with Crippen molar-refractivity contribution in [1.82, 2.24) is 4.90 Å². The topological polar surface area (TPSA) is 40.5 Å². The molecule has 2 unspecified atom stereocenters. The van der Waals surface area contributed by atoms with Crippen molar-refractivity contribution in [3.8, 4) is 0 Å². The number of hydrogen-bond donors (Lipinski definition) is 1. The van der Waals surface area contributed by atoms with Crippen LogP contribution in [0.3, 0.4) is 0 Å². The Morgan fingerprint density at radius 1 is 1.41 bits per heavy atom. The second-order valence-electron chi connectivity index (χ2n) is 5.69.